The van der Waals surface area contributed by atoms with Gasteiger partial charge in [0.15, 0.2) is 5.17 Å². The first-order valence-electron chi connectivity index (χ1n) is 9.71. The Balaban J connectivity index is 1.65. The lowest BCUT2D eigenvalue weighted by molar-refractivity contribution is -0.122. The molecule has 150 valence electrons. The molecule has 0 aromatic heterocycles. The number of hydrogen-bond acceptors (Lipinski definition) is 4. The van der Waals surface area contributed by atoms with Crippen molar-refractivity contribution in [1.29, 1.82) is 0 Å². The van der Waals surface area contributed by atoms with E-state index in [-0.39, 0.29) is 5.91 Å². The van der Waals surface area contributed by atoms with E-state index in [2.05, 4.69) is 0 Å². The molecule has 0 saturated carbocycles. The molecule has 4 nitrogen and oxygen atoms in total. The van der Waals surface area contributed by atoms with Crippen LogP contribution in [0.5, 0.6) is 5.75 Å². The Bertz CT molecular complexity index is 1080. The Morgan fingerprint density at radius 2 is 1.53 bits per heavy atom. The third-order valence-electron chi connectivity index (χ3n) is 4.74. The predicted octanol–water partition coefficient (Wildman–Crippen LogP) is 5.37. The molecule has 1 heterocycles. The van der Waals surface area contributed by atoms with Crippen LogP contribution < -0.4 is 4.74 Å². The van der Waals surface area contributed by atoms with Gasteiger partial charge in [0.05, 0.1) is 25.1 Å². The van der Waals surface area contributed by atoms with Gasteiger partial charge >= 0.3 is 0 Å². The van der Waals surface area contributed by atoms with Crippen molar-refractivity contribution < 1.29 is 9.53 Å². The minimum atomic E-state index is -0.0402. The van der Waals surface area contributed by atoms with Crippen LogP contribution in [0.2, 0.25) is 0 Å². The number of amides is 1. The van der Waals surface area contributed by atoms with E-state index in [4.69, 9.17) is 9.73 Å². The summed E-state index contributed by atoms with van der Waals surface area (Å²) in [6.07, 6.45) is 1.88. The van der Waals surface area contributed by atoms with Gasteiger partial charge in [0, 0.05) is 5.56 Å². The van der Waals surface area contributed by atoms with E-state index in [0.29, 0.717) is 23.2 Å². The zero-order valence-electron chi connectivity index (χ0n) is 16.7. The van der Waals surface area contributed by atoms with Gasteiger partial charge in [-0.1, -0.05) is 78.9 Å². The van der Waals surface area contributed by atoms with E-state index in [1.54, 1.807) is 12.0 Å². The maximum absolute atomic E-state index is 13.3. The van der Waals surface area contributed by atoms with Crippen molar-refractivity contribution in [3.8, 4) is 5.75 Å². The standard InChI is InChI=1S/C25H22N2O2S/c1-29-22-15-9-8-14-21(22)16-23-24(28)27(18-20-12-6-3-7-13-20)25(30-23)26-17-19-10-4-2-5-11-19/h2-16H,17-18H2,1H3/b23-16+,26-25?. The summed E-state index contributed by atoms with van der Waals surface area (Å²) in [5, 5.41) is 0.717. The van der Waals surface area contributed by atoms with E-state index < -0.39 is 0 Å². The first-order chi connectivity index (χ1) is 14.7. The minimum absolute atomic E-state index is 0.0402. The maximum Gasteiger partial charge on any atom is 0.267 e. The summed E-state index contributed by atoms with van der Waals surface area (Å²) in [5.74, 6) is 0.698. The molecule has 1 fully saturated rings. The van der Waals surface area contributed by atoms with Crippen LogP contribution in [0.3, 0.4) is 0 Å². The summed E-state index contributed by atoms with van der Waals surface area (Å²) in [4.78, 5) is 20.4. The van der Waals surface area contributed by atoms with Crippen molar-refractivity contribution in [2.75, 3.05) is 7.11 Å². The fourth-order valence-electron chi connectivity index (χ4n) is 3.20. The van der Waals surface area contributed by atoms with Crippen LogP contribution in [-0.2, 0) is 17.9 Å². The van der Waals surface area contributed by atoms with Crippen molar-refractivity contribution in [2.45, 2.75) is 13.1 Å². The molecule has 0 radical (unpaired) electrons. The lowest BCUT2D eigenvalue weighted by atomic mass is 10.1. The van der Waals surface area contributed by atoms with Gasteiger partial charge in [0.1, 0.15) is 5.75 Å². The molecule has 3 aromatic rings. The van der Waals surface area contributed by atoms with Crippen molar-refractivity contribution in [3.63, 3.8) is 0 Å². The summed E-state index contributed by atoms with van der Waals surface area (Å²) < 4.78 is 5.44. The lowest BCUT2D eigenvalue weighted by Crippen LogP contribution is -2.28. The highest BCUT2D eigenvalue weighted by Gasteiger charge is 2.33. The largest absolute Gasteiger partial charge is 0.496 e. The Labute approximate surface area is 180 Å². The SMILES string of the molecule is COc1ccccc1/C=C1/SC(=NCc2ccccc2)N(Cc2ccccc2)C1=O. The molecular formula is C25H22N2O2S. The minimum Gasteiger partial charge on any atom is -0.496 e. The molecule has 3 aromatic carbocycles. The number of ether oxygens (including phenoxy) is 1. The number of benzene rings is 3. The molecule has 1 aliphatic rings. The first-order valence-corrected chi connectivity index (χ1v) is 10.5. The topological polar surface area (TPSA) is 41.9 Å². The molecule has 4 rings (SSSR count). The Morgan fingerprint density at radius 3 is 2.23 bits per heavy atom. The first kappa shape index (κ1) is 20.0. The molecule has 0 bridgehead atoms. The summed E-state index contributed by atoms with van der Waals surface area (Å²) >= 11 is 1.41. The Morgan fingerprint density at radius 1 is 0.900 bits per heavy atom. The molecule has 5 heteroatoms. The van der Waals surface area contributed by atoms with Gasteiger partial charge in [-0.15, -0.1) is 0 Å². The van der Waals surface area contributed by atoms with Crippen LogP contribution in [0.25, 0.3) is 6.08 Å². The number of hydrogen-bond donors (Lipinski definition) is 0. The molecule has 0 atom stereocenters. The normalized spacial score (nSPS) is 16.4. The number of methoxy groups -OCH3 is 1. The van der Waals surface area contributed by atoms with E-state index in [1.165, 1.54) is 11.8 Å². The van der Waals surface area contributed by atoms with Crippen molar-refractivity contribution in [1.82, 2.24) is 4.90 Å². The number of amidine groups is 1. The van der Waals surface area contributed by atoms with Crippen LogP contribution in [0.4, 0.5) is 0 Å². The van der Waals surface area contributed by atoms with E-state index in [0.717, 1.165) is 22.4 Å². The molecular weight excluding hydrogens is 392 g/mol. The molecule has 30 heavy (non-hydrogen) atoms. The van der Waals surface area contributed by atoms with Gasteiger partial charge in [-0.3, -0.25) is 14.7 Å². The van der Waals surface area contributed by atoms with Crippen LogP contribution >= 0.6 is 11.8 Å². The molecule has 1 amide bonds. The van der Waals surface area contributed by atoms with E-state index in [1.807, 2.05) is 91.0 Å². The lowest BCUT2D eigenvalue weighted by Gasteiger charge is -2.15. The Hall–Kier alpha value is -3.31. The van der Waals surface area contributed by atoms with Crippen LogP contribution in [0.1, 0.15) is 16.7 Å². The second-order valence-electron chi connectivity index (χ2n) is 6.81. The average Bonchev–Trinajstić information content (AvgIpc) is 3.08. The average molecular weight is 415 g/mol. The number of carbonyl (C=O) groups excluding carboxylic acids is 1. The summed E-state index contributed by atoms with van der Waals surface area (Å²) in [6, 6.07) is 27.7. The quantitative estimate of drug-likeness (QED) is 0.510. The smallest absolute Gasteiger partial charge is 0.267 e. The van der Waals surface area contributed by atoms with Gasteiger partial charge in [-0.05, 0) is 35.0 Å². The summed E-state index contributed by atoms with van der Waals surface area (Å²) in [5.41, 5.74) is 3.05. The third kappa shape index (κ3) is 4.63. The number of para-hydroxylation sites is 1. The zero-order valence-corrected chi connectivity index (χ0v) is 17.5. The number of carbonyl (C=O) groups is 1. The molecule has 0 unspecified atom stereocenters. The molecule has 1 aliphatic heterocycles. The fraction of sp³-hybridized carbons (Fsp3) is 0.120. The molecule has 0 aliphatic carbocycles. The molecule has 0 N–H and O–H groups in total. The fourth-order valence-corrected chi connectivity index (χ4v) is 4.17. The van der Waals surface area contributed by atoms with E-state index in [9.17, 15) is 4.79 Å². The molecule has 0 spiro atoms. The number of nitrogens with zero attached hydrogens (tertiary/aromatic N) is 2. The Kier molecular flexibility index (Phi) is 6.30. The highest BCUT2D eigenvalue weighted by Crippen LogP contribution is 2.35. The zero-order chi connectivity index (χ0) is 20.8. The van der Waals surface area contributed by atoms with Crippen LogP contribution in [-0.4, -0.2) is 23.1 Å². The van der Waals surface area contributed by atoms with Crippen molar-refractivity contribution in [2.24, 2.45) is 4.99 Å². The summed E-state index contributed by atoms with van der Waals surface area (Å²) in [7, 11) is 1.63. The van der Waals surface area contributed by atoms with Gasteiger partial charge in [-0.25, -0.2) is 0 Å². The third-order valence-corrected chi connectivity index (χ3v) is 5.78. The highest BCUT2D eigenvalue weighted by molar-refractivity contribution is 8.18. The number of aliphatic imine (C=N–C) groups is 1. The number of rotatable bonds is 6. The van der Waals surface area contributed by atoms with Gasteiger partial charge in [0.25, 0.3) is 5.91 Å². The maximum atomic E-state index is 13.3. The van der Waals surface area contributed by atoms with E-state index >= 15 is 0 Å². The van der Waals surface area contributed by atoms with Crippen LogP contribution in [0.15, 0.2) is 94.8 Å². The van der Waals surface area contributed by atoms with Crippen molar-refractivity contribution in [3.05, 3.63) is 107 Å². The second kappa shape index (κ2) is 9.46. The van der Waals surface area contributed by atoms with Gasteiger partial charge in [0.2, 0.25) is 0 Å². The predicted molar refractivity (Wildman–Crippen MR) is 123 cm³/mol. The van der Waals surface area contributed by atoms with Crippen LogP contribution in [0, 0.1) is 0 Å². The van der Waals surface area contributed by atoms with Gasteiger partial charge in [-0.2, -0.15) is 0 Å². The highest BCUT2D eigenvalue weighted by atomic mass is 32.2. The van der Waals surface area contributed by atoms with Gasteiger partial charge < -0.3 is 4.74 Å². The summed E-state index contributed by atoms with van der Waals surface area (Å²) in [6.45, 7) is 1.02. The number of thioether (sulfide) groups is 1. The molecule has 1 saturated heterocycles. The second-order valence-corrected chi connectivity index (χ2v) is 7.82. The monoisotopic (exact) mass is 414 g/mol. The van der Waals surface area contributed by atoms with Crippen molar-refractivity contribution >= 4 is 28.9 Å².